The van der Waals surface area contributed by atoms with E-state index in [0.29, 0.717) is 6.42 Å². The Kier molecular flexibility index (Phi) is 3.52. The van der Waals surface area contributed by atoms with E-state index in [1.54, 1.807) is 11.3 Å². The Labute approximate surface area is 137 Å². The summed E-state index contributed by atoms with van der Waals surface area (Å²) in [6.07, 6.45) is 0.367. The topological polar surface area (TPSA) is 42.0 Å². The summed E-state index contributed by atoms with van der Waals surface area (Å²) in [7, 11) is 0. The molecule has 0 bridgehead atoms. The highest BCUT2D eigenvalue weighted by atomic mass is 32.1. The number of aromatic nitrogens is 1. The number of fused-ring (bicyclic) bond motifs is 2. The highest BCUT2D eigenvalue weighted by Crippen LogP contribution is 2.22. The van der Waals surface area contributed by atoms with Gasteiger partial charge in [0.2, 0.25) is 5.91 Å². The largest absolute Gasteiger partial charge is 0.326 e. The maximum absolute atomic E-state index is 12.3. The second-order valence-electron chi connectivity index (χ2n) is 5.44. The van der Waals surface area contributed by atoms with Crippen LogP contribution in [0.1, 0.15) is 5.56 Å². The van der Waals surface area contributed by atoms with Crippen molar-refractivity contribution in [3.8, 4) is 0 Å². The molecule has 3 aromatic carbocycles. The summed E-state index contributed by atoms with van der Waals surface area (Å²) in [4.78, 5) is 16.5. The fraction of sp³-hybridized carbons (Fsp3) is 0.0526. The van der Waals surface area contributed by atoms with Gasteiger partial charge in [-0.05, 0) is 34.5 Å². The fourth-order valence-electron chi connectivity index (χ4n) is 2.67. The molecule has 0 aliphatic rings. The van der Waals surface area contributed by atoms with Gasteiger partial charge in [-0.3, -0.25) is 4.79 Å². The molecule has 4 aromatic rings. The van der Waals surface area contributed by atoms with Crippen LogP contribution >= 0.6 is 11.3 Å². The molecule has 0 radical (unpaired) electrons. The van der Waals surface area contributed by atoms with E-state index in [-0.39, 0.29) is 5.91 Å². The summed E-state index contributed by atoms with van der Waals surface area (Å²) in [6, 6.07) is 20.1. The Morgan fingerprint density at radius 1 is 1.00 bits per heavy atom. The van der Waals surface area contributed by atoms with Gasteiger partial charge in [-0.25, -0.2) is 4.98 Å². The van der Waals surface area contributed by atoms with Gasteiger partial charge in [0.1, 0.15) is 0 Å². The molecule has 1 heterocycles. The number of benzene rings is 3. The summed E-state index contributed by atoms with van der Waals surface area (Å²) in [5.41, 5.74) is 4.60. The molecule has 1 amide bonds. The van der Waals surface area contributed by atoms with Crippen molar-refractivity contribution in [1.82, 2.24) is 4.98 Å². The van der Waals surface area contributed by atoms with Gasteiger partial charge >= 0.3 is 0 Å². The lowest BCUT2D eigenvalue weighted by Crippen LogP contribution is -2.14. The highest BCUT2D eigenvalue weighted by Gasteiger charge is 2.06. The van der Waals surface area contributed by atoms with Crippen molar-refractivity contribution in [2.45, 2.75) is 6.42 Å². The number of thiazole rings is 1. The van der Waals surface area contributed by atoms with E-state index in [4.69, 9.17) is 0 Å². The highest BCUT2D eigenvalue weighted by molar-refractivity contribution is 7.16. The summed E-state index contributed by atoms with van der Waals surface area (Å²) in [5.74, 6) is -0.0100. The average molecular weight is 318 g/mol. The van der Waals surface area contributed by atoms with E-state index in [1.807, 2.05) is 41.9 Å². The predicted octanol–water partition coefficient (Wildman–Crippen LogP) is 4.63. The maximum atomic E-state index is 12.3. The number of hydrogen-bond donors (Lipinski definition) is 1. The van der Waals surface area contributed by atoms with E-state index >= 15 is 0 Å². The van der Waals surface area contributed by atoms with Crippen LogP contribution in [-0.4, -0.2) is 10.9 Å². The molecule has 0 spiro atoms. The molecular weight excluding hydrogens is 304 g/mol. The molecule has 0 aliphatic carbocycles. The van der Waals surface area contributed by atoms with Crippen LogP contribution < -0.4 is 5.32 Å². The first-order valence-electron chi connectivity index (χ1n) is 7.39. The molecule has 4 rings (SSSR count). The normalized spacial score (nSPS) is 11.0. The zero-order valence-electron chi connectivity index (χ0n) is 12.3. The third-order valence-corrected chi connectivity index (χ3v) is 4.59. The van der Waals surface area contributed by atoms with Gasteiger partial charge < -0.3 is 5.32 Å². The van der Waals surface area contributed by atoms with Gasteiger partial charge in [0.05, 0.1) is 22.1 Å². The molecule has 112 valence electrons. The third kappa shape index (κ3) is 2.94. The van der Waals surface area contributed by atoms with E-state index in [1.165, 1.54) is 5.39 Å². The fourth-order valence-corrected chi connectivity index (χ4v) is 3.39. The molecule has 0 fully saturated rings. The van der Waals surface area contributed by atoms with Crippen molar-refractivity contribution < 1.29 is 4.79 Å². The van der Waals surface area contributed by atoms with Crippen LogP contribution in [0.15, 0.2) is 66.2 Å². The van der Waals surface area contributed by atoms with E-state index in [2.05, 4.69) is 34.6 Å². The van der Waals surface area contributed by atoms with Gasteiger partial charge in [0.25, 0.3) is 0 Å². The summed E-state index contributed by atoms with van der Waals surface area (Å²) in [6.45, 7) is 0. The molecule has 0 saturated heterocycles. The number of nitrogens with one attached hydrogen (secondary N) is 1. The van der Waals surface area contributed by atoms with Crippen LogP contribution in [0.25, 0.3) is 21.0 Å². The lowest BCUT2D eigenvalue weighted by Gasteiger charge is -2.06. The Morgan fingerprint density at radius 3 is 2.78 bits per heavy atom. The molecule has 4 heteroatoms. The second-order valence-corrected chi connectivity index (χ2v) is 6.33. The molecule has 0 unspecified atom stereocenters. The number of anilines is 1. The minimum Gasteiger partial charge on any atom is -0.326 e. The Morgan fingerprint density at radius 2 is 1.87 bits per heavy atom. The van der Waals surface area contributed by atoms with Crippen molar-refractivity contribution in [2.24, 2.45) is 0 Å². The maximum Gasteiger partial charge on any atom is 0.228 e. The zero-order chi connectivity index (χ0) is 15.6. The second kappa shape index (κ2) is 5.82. The van der Waals surface area contributed by atoms with Crippen LogP contribution in [0, 0.1) is 0 Å². The molecule has 23 heavy (non-hydrogen) atoms. The average Bonchev–Trinajstić information content (AvgIpc) is 3.02. The van der Waals surface area contributed by atoms with Gasteiger partial charge in [-0.2, -0.15) is 0 Å². The standard InChI is InChI=1S/C19H14N2OS/c22-19(21-16-7-8-17-18(11-16)23-12-20-17)10-13-5-6-14-3-1-2-4-15(14)9-13/h1-9,11-12H,10H2,(H,21,22). The molecule has 0 atom stereocenters. The van der Waals surface area contributed by atoms with Crippen LogP contribution in [0.3, 0.4) is 0 Å². The van der Waals surface area contributed by atoms with Gasteiger partial charge in [0, 0.05) is 5.69 Å². The van der Waals surface area contributed by atoms with Crippen LogP contribution in [0.4, 0.5) is 5.69 Å². The summed E-state index contributed by atoms with van der Waals surface area (Å²) < 4.78 is 1.08. The number of carbonyl (C=O) groups excluding carboxylic acids is 1. The summed E-state index contributed by atoms with van der Waals surface area (Å²) >= 11 is 1.57. The molecule has 1 aromatic heterocycles. The zero-order valence-corrected chi connectivity index (χ0v) is 13.1. The third-order valence-electron chi connectivity index (χ3n) is 3.79. The van der Waals surface area contributed by atoms with Crippen LogP contribution in [0.5, 0.6) is 0 Å². The van der Waals surface area contributed by atoms with E-state index in [9.17, 15) is 4.79 Å². The summed E-state index contributed by atoms with van der Waals surface area (Å²) in [5, 5.41) is 5.30. The molecule has 0 saturated carbocycles. The van der Waals surface area contributed by atoms with Gasteiger partial charge in [0.15, 0.2) is 0 Å². The predicted molar refractivity (Wildman–Crippen MR) is 95.9 cm³/mol. The van der Waals surface area contributed by atoms with Crippen molar-refractivity contribution in [2.75, 3.05) is 5.32 Å². The first-order chi connectivity index (χ1) is 11.3. The number of hydrogen-bond acceptors (Lipinski definition) is 3. The number of rotatable bonds is 3. The van der Waals surface area contributed by atoms with Gasteiger partial charge in [-0.1, -0.05) is 42.5 Å². The number of nitrogens with zero attached hydrogens (tertiary/aromatic N) is 1. The monoisotopic (exact) mass is 318 g/mol. The molecule has 3 nitrogen and oxygen atoms in total. The van der Waals surface area contributed by atoms with E-state index in [0.717, 1.165) is 26.9 Å². The number of amides is 1. The number of carbonyl (C=O) groups is 1. The SMILES string of the molecule is O=C(Cc1ccc2ccccc2c1)Nc1ccc2ncsc2c1. The Balaban J connectivity index is 1.51. The minimum atomic E-state index is -0.0100. The first kappa shape index (κ1) is 13.9. The van der Waals surface area contributed by atoms with Crippen molar-refractivity contribution in [3.05, 3.63) is 71.7 Å². The molecule has 0 aliphatic heterocycles. The minimum absolute atomic E-state index is 0.0100. The lowest BCUT2D eigenvalue weighted by molar-refractivity contribution is -0.115. The van der Waals surface area contributed by atoms with Crippen molar-refractivity contribution in [1.29, 1.82) is 0 Å². The van der Waals surface area contributed by atoms with E-state index < -0.39 is 0 Å². The van der Waals surface area contributed by atoms with Crippen LogP contribution in [0.2, 0.25) is 0 Å². The van der Waals surface area contributed by atoms with Crippen molar-refractivity contribution >= 4 is 43.9 Å². The Bertz CT molecular complexity index is 1010. The van der Waals surface area contributed by atoms with Crippen LogP contribution in [-0.2, 0) is 11.2 Å². The molecule has 1 N–H and O–H groups in total. The quantitative estimate of drug-likeness (QED) is 0.598. The molecular formula is C19H14N2OS. The van der Waals surface area contributed by atoms with Crippen molar-refractivity contribution in [3.63, 3.8) is 0 Å². The smallest absolute Gasteiger partial charge is 0.228 e. The lowest BCUT2D eigenvalue weighted by atomic mass is 10.0. The Hall–Kier alpha value is -2.72. The first-order valence-corrected chi connectivity index (χ1v) is 8.27. The van der Waals surface area contributed by atoms with Gasteiger partial charge in [-0.15, -0.1) is 11.3 Å².